The number of aromatic amines is 1. The Morgan fingerprint density at radius 2 is 2.16 bits per heavy atom. The molecule has 3 atom stereocenters. The number of benzene rings is 1. The van der Waals surface area contributed by atoms with Crippen LogP contribution in [-0.2, 0) is 9.53 Å². The van der Waals surface area contributed by atoms with Gasteiger partial charge in [0.2, 0.25) is 5.91 Å². The Morgan fingerprint density at radius 1 is 1.32 bits per heavy atom. The predicted molar refractivity (Wildman–Crippen MR) is 95.8 cm³/mol. The van der Waals surface area contributed by atoms with Crippen LogP contribution < -0.4 is 0 Å². The molecule has 1 aromatic carbocycles. The summed E-state index contributed by atoms with van der Waals surface area (Å²) in [6, 6.07) is 10.2. The van der Waals surface area contributed by atoms with Crippen molar-refractivity contribution in [1.82, 2.24) is 14.9 Å². The standard InChI is InChI=1S/C20H25N3O2/c1-2-25-18-12-15(18)20(24)23-11-7-6-10-17(23)19-21-13-16(22-19)14-8-4-3-5-9-14/h3-5,8-9,13,15,17-18H,2,6-7,10-12H2,1H3,(H,21,22). The zero-order valence-corrected chi connectivity index (χ0v) is 14.6. The molecule has 2 aliphatic rings. The van der Waals surface area contributed by atoms with E-state index >= 15 is 0 Å². The van der Waals surface area contributed by atoms with Crippen LogP contribution in [0.5, 0.6) is 0 Å². The van der Waals surface area contributed by atoms with Crippen LogP contribution in [0.15, 0.2) is 36.5 Å². The highest BCUT2D eigenvalue weighted by Crippen LogP contribution is 2.39. The number of piperidine rings is 1. The average Bonchev–Trinajstić information content (AvgIpc) is 3.25. The van der Waals surface area contributed by atoms with Crippen LogP contribution in [0.2, 0.25) is 0 Å². The maximum atomic E-state index is 12.9. The monoisotopic (exact) mass is 339 g/mol. The highest BCUT2D eigenvalue weighted by molar-refractivity contribution is 5.82. The second kappa shape index (κ2) is 7.00. The van der Waals surface area contributed by atoms with E-state index < -0.39 is 0 Å². The molecule has 0 bridgehead atoms. The molecular weight excluding hydrogens is 314 g/mol. The molecule has 132 valence electrons. The summed E-state index contributed by atoms with van der Waals surface area (Å²) in [5, 5.41) is 0. The van der Waals surface area contributed by atoms with Gasteiger partial charge in [-0.15, -0.1) is 0 Å². The van der Waals surface area contributed by atoms with E-state index in [2.05, 4.69) is 22.1 Å². The van der Waals surface area contributed by atoms with Gasteiger partial charge in [0.25, 0.3) is 0 Å². The fraction of sp³-hybridized carbons (Fsp3) is 0.500. The topological polar surface area (TPSA) is 58.2 Å². The summed E-state index contributed by atoms with van der Waals surface area (Å²) in [6.07, 6.45) is 6.04. The minimum absolute atomic E-state index is 0.0455. The van der Waals surface area contributed by atoms with Gasteiger partial charge < -0.3 is 14.6 Å². The molecule has 3 unspecified atom stereocenters. The Hall–Kier alpha value is -2.14. The van der Waals surface area contributed by atoms with Gasteiger partial charge in [-0.3, -0.25) is 4.79 Å². The quantitative estimate of drug-likeness (QED) is 0.906. The van der Waals surface area contributed by atoms with Crippen LogP contribution in [-0.4, -0.2) is 40.0 Å². The third kappa shape index (κ3) is 3.33. The number of nitrogens with one attached hydrogen (secondary N) is 1. The summed E-state index contributed by atoms with van der Waals surface area (Å²) in [4.78, 5) is 23.0. The summed E-state index contributed by atoms with van der Waals surface area (Å²) in [5.41, 5.74) is 2.13. The number of nitrogens with zero attached hydrogens (tertiary/aromatic N) is 2. The van der Waals surface area contributed by atoms with E-state index in [1.54, 1.807) is 0 Å². The first-order chi connectivity index (χ1) is 12.3. The lowest BCUT2D eigenvalue weighted by molar-refractivity contribution is -0.137. The Kier molecular flexibility index (Phi) is 4.57. The number of H-pyrrole nitrogens is 1. The Bertz CT molecular complexity index is 728. The van der Waals surface area contributed by atoms with Crippen molar-refractivity contribution in [3.8, 4) is 11.3 Å². The lowest BCUT2D eigenvalue weighted by Crippen LogP contribution is -2.40. The molecule has 4 rings (SSSR count). The number of aromatic nitrogens is 2. The molecule has 1 aromatic heterocycles. The van der Waals surface area contributed by atoms with Crippen LogP contribution in [0.3, 0.4) is 0 Å². The van der Waals surface area contributed by atoms with Crippen LogP contribution in [0, 0.1) is 5.92 Å². The molecule has 25 heavy (non-hydrogen) atoms. The minimum Gasteiger partial charge on any atom is -0.378 e. The first kappa shape index (κ1) is 16.3. The second-order valence-corrected chi connectivity index (χ2v) is 6.93. The molecule has 1 aliphatic carbocycles. The van der Waals surface area contributed by atoms with Crippen LogP contribution in [0.25, 0.3) is 11.3 Å². The number of carbonyl (C=O) groups is 1. The Balaban J connectivity index is 1.52. The van der Waals surface area contributed by atoms with Gasteiger partial charge in [0.1, 0.15) is 5.82 Å². The molecule has 2 fully saturated rings. The van der Waals surface area contributed by atoms with Gasteiger partial charge in [-0.25, -0.2) is 4.98 Å². The Morgan fingerprint density at radius 3 is 2.96 bits per heavy atom. The molecule has 1 amide bonds. The van der Waals surface area contributed by atoms with Crippen molar-refractivity contribution in [3.05, 3.63) is 42.4 Å². The number of carbonyl (C=O) groups excluding carboxylic acids is 1. The van der Waals surface area contributed by atoms with Crippen LogP contribution >= 0.6 is 0 Å². The SMILES string of the molecule is CCOC1CC1C(=O)N1CCCCC1c1ncc(-c2ccccc2)[nH]1. The summed E-state index contributed by atoms with van der Waals surface area (Å²) in [7, 11) is 0. The van der Waals surface area contributed by atoms with Gasteiger partial charge in [0.05, 0.1) is 30.0 Å². The summed E-state index contributed by atoms with van der Waals surface area (Å²) in [6.45, 7) is 3.48. The molecule has 1 N–H and O–H groups in total. The smallest absolute Gasteiger partial charge is 0.229 e. The molecule has 2 heterocycles. The number of amides is 1. The van der Waals surface area contributed by atoms with Gasteiger partial charge >= 0.3 is 0 Å². The van der Waals surface area contributed by atoms with Crippen molar-refractivity contribution in [2.45, 2.75) is 44.8 Å². The van der Waals surface area contributed by atoms with Gasteiger partial charge in [-0.1, -0.05) is 30.3 Å². The van der Waals surface area contributed by atoms with Crippen LogP contribution in [0.1, 0.15) is 44.5 Å². The largest absolute Gasteiger partial charge is 0.378 e. The van der Waals surface area contributed by atoms with Crippen molar-refractivity contribution in [1.29, 1.82) is 0 Å². The summed E-state index contributed by atoms with van der Waals surface area (Å²) >= 11 is 0. The normalized spacial score (nSPS) is 25.8. The highest BCUT2D eigenvalue weighted by Gasteiger charge is 2.47. The highest BCUT2D eigenvalue weighted by atomic mass is 16.5. The zero-order chi connectivity index (χ0) is 17.2. The van der Waals surface area contributed by atoms with Crippen molar-refractivity contribution in [2.75, 3.05) is 13.2 Å². The number of imidazole rings is 1. The van der Waals surface area contributed by atoms with Gasteiger partial charge in [-0.2, -0.15) is 0 Å². The average molecular weight is 339 g/mol. The number of likely N-dealkylation sites (tertiary alicyclic amines) is 1. The van der Waals surface area contributed by atoms with E-state index in [0.717, 1.165) is 49.3 Å². The predicted octanol–water partition coefficient (Wildman–Crippen LogP) is 3.56. The third-order valence-electron chi connectivity index (χ3n) is 5.21. The molecule has 0 radical (unpaired) electrons. The lowest BCUT2D eigenvalue weighted by atomic mass is 10.0. The summed E-state index contributed by atoms with van der Waals surface area (Å²) < 4.78 is 5.61. The molecule has 1 saturated carbocycles. The van der Waals surface area contributed by atoms with E-state index in [-0.39, 0.29) is 24.0 Å². The van der Waals surface area contributed by atoms with Gasteiger partial charge in [-0.05, 0) is 38.2 Å². The molecule has 1 saturated heterocycles. The molecule has 1 aliphatic heterocycles. The molecule has 0 spiro atoms. The first-order valence-corrected chi connectivity index (χ1v) is 9.30. The molecule has 5 nitrogen and oxygen atoms in total. The van der Waals surface area contributed by atoms with Gasteiger partial charge in [0.15, 0.2) is 0 Å². The summed E-state index contributed by atoms with van der Waals surface area (Å²) in [5.74, 6) is 1.19. The third-order valence-corrected chi connectivity index (χ3v) is 5.21. The fourth-order valence-corrected chi connectivity index (χ4v) is 3.79. The number of rotatable bonds is 5. The molecule has 2 aromatic rings. The molecule has 5 heteroatoms. The van der Waals surface area contributed by atoms with E-state index in [9.17, 15) is 4.79 Å². The maximum absolute atomic E-state index is 12.9. The zero-order valence-electron chi connectivity index (χ0n) is 14.6. The van der Waals surface area contributed by atoms with E-state index in [1.807, 2.05) is 36.2 Å². The Labute approximate surface area is 148 Å². The number of hydrogen-bond acceptors (Lipinski definition) is 3. The number of hydrogen-bond donors (Lipinski definition) is 1. The molecular formula is C20H25N3O2. The fourth-order valence-electron chi connectivity index (χ4n) is 3.79. The van der Waals surface area contributed by atoms with Crippen LogP contribution in [0.4, 0.5) is 0 Å². The van der Waals surface area contributed by atoms with Crippen molar-refractivity contribution >= 4 is 5.91 Å². The first-order valence-electron chi connectivity index (χ1n) is 9.30. The minimum atomic E-state index is 0.0455. The van der Waals surface area contributed by atoms with Gasteiger partial charge in [0, 0.05) is 13.2 Å². The van der Waals surface area contributed by atoms with Crippen molar-refractivity contribution in [2.24, 2.45) is 5.92 Å². The van der Waals surface area contributed by atoms with Crippen molar-refractivity contribution < 1.29 is 9.53 Å². The van der Waals surface area contributed by atoms with Crippen molar-refractivity contribution in [3.63, 3.8) is 0 Å². The van der Waals surface area contributed by atoms with E-state index in [0.29, 0.717) is 6.61 Å². The van der Waals surface area contributed by atoms with E-state index in [1.165, 1.54) is 0 Å². The second-order valence-electron chi connectivity index (χ2n) is 6.93. The maximum Gasteiger partial charge on any atom is 0.229 e. The van der Waals surface area contributed by atoms with E-state index in [4.69, 9.17) is 4.74 Å². The lowest BCUT2D eigenvalue weighted by Gasteiger charge is -2.34. The number of ether oxygens (including phenoxy) is 1.